The van der Waals surface area contributed by atoms with E-state index in [2.05, 4.69) is 26.1 Å². The normalized spacial score (nSPS) is 30.8. The number of ether oxygens (including phenoxy) is 2. The fourth-order valence-electron chi connectivity index (χ4n) is 7.70. The zero-order valence-corrected chi connectivity index (χ0v) is 26.6. The van der Waals surface area contributed by atoms with Crippen molar-refractivity contribution in [3.8, 4) is 23.7 Å². The van der Waals surface area contributed by atoms with Gasteiger partial charge in [-0.15, -0.1) is 11.3 Å². The molecule has 4 aliphatic rings. The van der Waals surface area contributed by atoms with Crippen LogP contribution in [0.25, 0.3) is 11.6 Å². The molecule has 7 rings (SSSR count). The van der Waals surface area contributed by atoms with E-state index in [1.165, 1.54) is 11.3 Å². The maximum Gasteiger partial charge on any atom is 0.322 e. The molecule has 45 heavy (non-hydrogen) atoms. The highest BCUT2D eigenvalue weighted by Gasteiger charge is 2.53. The van der Waals surface area contributed by atoms with Crippen molar-refractivity contribution in [1.29, 1.82) is 5.26 Å². The van der Waals surface area contributed by atoms with E-state index in [9.17, 15) is 14.8 Å². The van der Waals surface area contributed by atoms with Crippen LogP contribution in [0, 0.1) is 11.3 Å². The number of halogens is 1. The molecule has 3 aliphatic heterocycles. The minimum atomic E-state index is -1.13. The van der Waals surface area contributed by atoms with Gasteiger partial charge in [-0.05, 0) is 59.4 Å². The molecule has 0 unspecified atom stereocenters. The number of hydrogen-bond donors (Lipinski definition) is 2. The first-order valence-corrected chi connectivity index (χ1v) is 16.4. The van der Waals surface area contributed by atoms with Gasteiger partial charge in [0.1, 0.15) is 28.9 Å². The summed E-state index contributed by atoms with van der Waals surface area (Å²) < 4.78 is 32.5. The quantitative estimate of drug-likeness (QED) is 0.403. The van der Waals surface area contributed by atoms with Crippen molar-refractivity contribution >= 4 is 22.3 Å². The number of nitrogen functional groups attached to an aromatic ring is 1. The van der Waals surface area contributed by atoms with Gasteiger partial charge in [-0.2, -0.15) is 25.2 Å². The number of nitriles is 1. The monoisotopic (exact) mass is 639 g/mol. The van der Waals surface area contributed by atoms with Crippen LogP contribution in [0.5, 0.6) is 6.01 Å². The average Bonchev–Trinajstić information content (AvgIpc) is 3.75. The molecule has 3 saturated heterocycles. The molecule has 0 bridgehead atoms. The Morgan fingerprint density at radius 2 is 2.02 bits per heavy atom. The lowest BCUT2D eigenvalue weighted by molar-refractivity contribution is -0.0123. The lowest BCUT2D eigenvalue weighted by Gasteiger charge is -2.37. The fraction of sp³-hybridized carbons (Fsp3) is 0.667. The van der Waals surface area contributed by atoms with Crippen molar-refractivity contribution < 1.29 is 23.5 Å². The molecule has 0 radical (unpaired) electrons. The maximum absolute atomic E-state index is 14.6. The summed E-state index contributed by atoms with van der Waals surface area (Å²) in [6.45, 7) is 8.08. The van der Waals surface area contributed by atoms with E-state index in [4.69, 9.17) is 29.7 Å². The highest BCUT2D eigenvalue weighted by atomic mass is 32.1. The highest BCUT2D eigenvalue weighted by molar-refractivity contribution is 7.16. The van der Waals surface area contributed by atoms with Crippen LogP contribution < -0.4 is 15.4 Å². The number of hydrogen-bond acceptors (Lipinski definition) is 14. The molecule has 3 fully saturated rings. The standard InChI is InChI=1S/C30H38FN9O4S/c1-17(30-8-5-9-40(30)14-18(31)12-30)43-27-36-23(35-26(37-27)39-10-11-42-16-28(2,41)15-39)24-34-25(44-38-24)29(3)7-4-6-20-21(29)19(13-32)22(33)45-20/h17-18,41H,4-12,14-16,33H2,1-3H3/t17-,18+,28-,29-,30-/m0/s1. The molecule has 0 aromatic carbocycles. The number of aliphatic hydroxyl groups is 1. The maximum atomic E-state index is 14.6. The van der Waals surface area contributed by atoms with Gasteiger partial charge >= 0.3 is 6.01 Å². The minimum absolute atomic E-state index is 0.0609. The van der Waals surface area contributed by atoms with Gasteiger partial charge in [-0.25, -0.2) is 4.39 Å². The van der Waals surface area contributed by atoms with E-state index in [1.54, 1.807) is 6.92 Å². The van der Waals surface area contributed by atoms with Crippen molar-refractivity contribution in [3.63, 3.8) is 0 Å². The highest BCUT2D eigenvalue weighted by Crippen LogP contribution is 2.49. The number of thiophene rings is 1. The number of anilines is 2. The summed E-state index contributed by atoms with van der Waals surface area (Å²) in [5.41, 5.74) is 5.25. The van der Waals surface area contributed by atoms with Gasteiger partial charge in [0.25, 0.3) is 0 Å². The number of nitrogens with two attached hydrogens (primary N) is 1. The van der Waals surface area contributed by atoms with E-state index in [1.807, 2.05) is 18.7 Å². The van der Waals surface area contributed by atoms with Gasteiger partial charge in [0.15, 0.2) is 0 Å². The molecule has 0 amide bonds. The van der Waals surface area contributed by atoms with E-state index in [0.717, 1.165) is 42.7 Å². The number of rotatable bonds is 6. The van der Waals surface area contributed by atoms with Gasteiger partial charge in [0.05, 0.1) is 36.3 Å². The third kappa shape index (κ3) is 5.21. The molecule has 3 N–H and O–H groups in total. The number of aromatic nitrogens is 5. The molecule has 0 spiro atoms. The van der Waals surface area contributed by atoms with Gasteiger partial charge in [0, 0.05) is 30.0 Å². The predicted molar refractivity (Wildman–Crippen MR) is 163 cm³/mol. The first kappa shape index (κ1) is 30.2. The molecule has 13 nitrogen and oxygen atoms in total. The number of aryl methyl sites for hydroxylation is 1. The first-order valence-electron chi connectivity index (χ1n) is 15.5. The molecule has 3 aromatic rings. The summed E-state index contributed by atoms with van der Waals surface area (Å²) in [6, 6.07) is 2.33. The van der Waals surface area contributed by atoms with E-state index in [0.29, 0.717) is 49.0 Å². The van der Waals surface area contributed by atoms with Crippen molar-refractivity contribution in [2.45, 2.75) is 88.1 Å². The van der Waals surface area contributed by atoms with Crippen LogP contribution in [0.1, 0.15) is 74.8 Å². The van der Waals surface area contributed by atoms with Crippen molar-refractivity contribution in [3.05, 3.63) is 21.9 Å². The second kappa shape index (κ2) is 11.1. The summed E-state index contributed by atoms with van der Waals surface area (Å²) in [6.07, 6.45) is 3.34. The van der Waals surface area contributed by atoms with E-state index in [-0.39, 0.29) is 36.8 Å². The molecule has 3 aromatic heterocycles. The SMILES string of the molecule is C[C@H](Oc1nc(-c2noc([C@@]3(C)CCCc4sc(N)c(C#N)c43)n2)nc(N2CCOC[C@@](C)(O)C2)n1)[C@@]12CCCN1C[C@H](F)C2. The molecular weight excluding hydrogens is 601 g/mol. The summed E-state index contributed by atoms with van der Waals surface area (Å²) in [7, 11) is 0. The largest absolute Gasteiger partial charge is 0.458 e. The van der Waals surface area contributed by atoms with Crippen molar-refractivity contribution in [2.24, 2.45) is 0 Å². The fourth-order valence-corrected chi connectivity index (χ4v) is 8.89. The van der Waals surface area contributed by atoms with Crippen molar-refractivity contribution in [2.75, 3.05) is 50.0 Å². The second-order valence-electron chi connectivity index (χ2n) is 13.3. The Kier molecular flexibility index (Phi) is 7.46. The third-order valence-electron chi connectivity index (χ3n) is 9.89. The number of fused-ring (bicyclic) bond motifs is 2. The van der Waals surface area contributed by atoms with Crippen LogP contribution in [0.2, 0.25) is 0 Å². The van der Waals surface area contributed by atoms with E-state index >= 15 is 0 Å². The Balaban J connectivity index is 1.27. The Hall–Kier alpha value is -3.45. The minimum Gasteiger partial charge on any atom is -0.458 e. The van der Waals surface area contributed by atoms with Gasteiger partial charge in [0.2, 0.25) is 23.5 Å². The smallest absolute Gasteiger partial charge is 0.322 e. The van der Waals surface area contributed by atoms with Crippen LogP contribution in [-0.2, 0) is 16.6 Å². The Morgan fingerprint density at radius 3 is 2.84 bits per heavy atom. The van der Waals surface area contributed by atoms with Gasteiger partial charge in [-0.1, -0.05) is 5.16 Å². The van der Waals surface area contributed by atoms with Crippen LogP contribution in [0.3, 0.4) is 0 Å². The Morgan fingerprint density at radius 1 is 1.18 bits per heavy atom. The van der Waals surface area contributed by atoms with Crippen LogP contribution in [0.4, 0.5) is 15.3 Å². The van der Waals surface area contributed by atoms with Crippen LogP contribution >= 0.6 is 11.3 Å². The van der Waals surface area contributed by atoms with Gasteiger partial charge < -0.3 is 29.7 Å². The average molecular weight is 640 g/mol. The lowest BCUT2D eigenvalue weighted by atomic mass is 9.72. The molecule has 5 atom stereocenters. The molecule has 6 heterocycles. The Bertz CT molecular complexity index is 1640. The summed E-state index contributed by atoms with van der Waals surface area (Å²) in [5.74, 6) is 0.905. The van der Waals surface area contributed by atoms with Crippen LogP contribution in [-0.4, -0.2) is 97.9 Å². The summed E-state index contributed by atoms with van der Waals surface area (Å²) >= 11 is 1.44. The molecule has 0 saturated carbocycles. The second-order valence-corrected chi connectivity index (χ2v) is 14.4. The number of nitrogens with zero attached hydrogens (tertiary/aromatic N) is 8. The zero-order chi connectivity index (χ0) is 31.6. The Labute approximate surface area is 264 Å². The molecular formula is C30H38FN9O4S. The van der Waals surface area contributed by atoms with Crippen molar-refractivity contribution in [1.82, 2.24) is 30.0 Å². The van der Waals surface area contributed by atoms with Crippen LogP contribution in [0.15, 0.2) is 4.52 Å². The predicted octanol–water partition coefficient (Wildman–Crippen LogP) is 3.01. The lowest BCUT2D eigenvalue weighted by Crippen LogP contribution is -2.50. The number of alkyl halides is 1. The summed E-state index contributed by atoms with van der Waals surface area (Å²) in [4.78, 5) is 23.8. The summed E-state index contributed by atoms with van der Waals surface area (Å²) in [5, 5.41) is 25.6. The van der Waals surface area contributed by atoms with E-state index < -0.39 is 28.8 Å². The third-order valence-corrected chi connectivity index (χ3v) is 11.0. The first-order chi connectivity index (χ1) is 21.5. The molecule has 15 heteroatoms. The van der Waals surface area contributed by atoms with Gasteiger partial charge in [-0.3, -0.25) is 4.90 Å². The topological polar surface area (TPSA) is 173 Å². The zero-order valence-electron chi connectivity index (χ0n) is 25.8. The molecule has 1 aliphatic carbocycles. The molecule has 240 valence electrons. The number of β-amino-alcohol motifs (C(OH)–C–C–N with tert-alkyl or cyclic N) is 1.